The SMILES string of the molecule is Cc1c[nH]c2c1C(O)CC(CN)C2. The van der Waals surface area contributed by atoms with Crippen LogP contribution in [0.4, 0.5) is 0 Å². The molecule has 3 heteroatoms. The zero-order chi connectivity index (χ0) is 9.42. The average molecular weight is 180 g/mol. The first-order valence-corrected chi connectivity index (χ1v) is 4.77. The molecule has 0 saturated carbocycles. The fourth-order valence-electron chi connectivity index (χ4n) is 2.21. The number of hydrogen-bond acceptors (Lipinski definition) is 2. The van der Waals surface area contributed by atoms with Gasteiger partial charge in [-0.25, -0.2) is 0 Å². The third kappa shape index (κ3) is 1.38. The molecule has 1 aromatic heterocycles. The minimum Gasteiger partial charge on any atom is -0.388 e. The van der Waals surface area contributed by atoms with E-state index in [9.17, 15) is 5.11 Å². The lowest BCUT2D eigenvalue weighted by atomic mass is 9.85. The van der Waals surface area contributed by atoms with Crippen molar-refractivity contribution in [1.82, 2.24) is 4.98 Å². The molecular formula is C10H16N2O. The van der Waals surface area contributed by atoms with Crippen molar-refractivity contribution < 1.29 is 5.11 Å². The number of nitrogens with one attached hydrogen (secondary N) is 1. The van der Waals surface area contributed by atoms with Gasteiger partial charge in [-0.15, -0.1) is 0 Å². The fourth-order valence-corrected chi connectivity index (χ4v) is 2.21. The number of aliphatic hydroxyl groups is 1. The van der Waals surface area contributed by atoms with Gasteiger partial charge in [0.1, 0.15) is 0 Å². The van der Waals surface area contributed by atoms with Crippen LogP contribution < -0.4 is 5.73 Å². The van der Waals surface area contributed by atoms with Crippen LogP contribution in [0.15, 0.2) is 6.20 Å². The second-order valence-electron chi connectivity index (χ2n) is 3.92. The Hall–Kier alpha value is -0.800. The molecule has 1 aliphatic carbocycles. The molecule has 72 valence electrons. The molecule has 1 aromatic rings. The van der Waals surface area contributed by atoms with Gasteiger partial charge in [0.25, 0.3) is 0 Å². The van der Waals surface area contributed by atoms with Crippen molar-refractivity contribution >= 4 is 0 Å². The lowest BCUT2D eigenvalue weighted by molar-refractivity contribution is 0.133. The molecular weight excluding hydrogens is 164 g/mol. The Morgan fingerprint density at radius 1 is 1.69 bits per heavy atom. The molecule has 0 radical (unpaired) electrons. The molecule has 1 aliphatic rings. The van der Waals surface area contributed by atoms with Gasteiger partial charge < -0.3 is 15.8 Å². The minimum absolute atomic E-state index is 0.316. The summed E-state index contributed by atoms with van der Waals surface area (Å²) in [6, 6.07) is 0. The molecule has 0 fully saturated rings. The van der Waals surface area contributed by atoms with Gasteiger partial charge in [-0.3, -0.25) is 0 Å². The topological polar surface area (TPSA) is 62.0 Å². The predicted octanol–water partition coefficient (Wildman–Crippen LogP) is 0.878. The van der Waals surface area contributed by atoms with Gasteiger partial charge in [0.2, 0.25) is 0 Å². The lowest BCUT2D eigenvalue weighted by Gasteiger charge is -2.25. The molecule has 0 aromatic carbocycles. The number of H-pyrrole nitrogens is 1. The van der Waals surface area contributed by atoms with Crippen molar-refractivity contribution in [2.24, 2.45) is 11.7 Å². The fraction of sp³-hybridized carbons (Fsp3) is 0.600. The van der Waals surface area contributed by atoms with E-state index in [4.69, 9.17) is 5.73 Å². The first kappa shape index (κ1) is 8.78. The molecule has 2 unspecified atom stereocenters. The smallest absolute Gasteiger partial charge is 0.0813 e. The normalized spacial score (nSPS) is 27.3. The van der Waals surface area contributed by atoms with Crippen LogP contribution in [-0.4, -0.2) is 16.6 Å². The quantitative estimate of drug-likeness (QED) is 0.600. The molecule has 1 heterocycles. The van der Waals surface area contributed by atoms with Crippen molar-refractivity contribution in [3.8, 4) is 0 Å². The monoisotopic (exact) mass is 180 g/mol. The van der Waals surface area contributed by atoms with Gasteiger partial charge >= 0.3 is 0 Å². The van der Waals surface area contributed by atoms with E-state index in [2.05, 4.69) is 4.98 Å². The summed E-state index contributed by atoms with van der Waals surface area (Å²) in [6.45, 7) is 2.69. The third-order valence-corrected chi connectivity index (χ3v) is 2.93. The Morgan fingerprint density at radius 3 is 3.15 bits per heavy atom. The van der Waals surface area contributed by atoms with Crippen molar-refractivity contribution in [1.29, 1.82) is 0 Å². The van der Waals surface area contributed by atoms with Crippen LogP contribution in [0.2, 0.25) is 0 Å². The predicted molar refractivity (Wildman–Crippen MR) is 51.4 cm³/mol. The second kappa shape index (κ2) is 3.16. The van der Waals surface area contributed by atoms with Crippen molar-refractivity contribution in [2.75, 3.05) is 6.54 Å². The van der Waals surface area contributed by atoms with Gasteiger partial charge in [0.05, 0.1) is 6.10 Å². The van der Waals surface area contributed by atoms with Gasteiger partial charge in [0, 0.05) is 17.5 Å². The number of nitrogens with two attached hydrogens (primary N) is 1. The minimum atomic E-state index is -0.316. The summed E-state index contributed by atoms with van der Waals surface area (Å²) in [5.74, 6) is 0.431. The van der Waals surface area contributed by atoms with Crippen LogP contribution in [0.1, 0.15) is 29.3 Å². The number of fused-ring (bicyclic) bond motifs is 1. The van der Waals surface area contributed by atoms with Crippen LogP contribution in [0.5, 0.6) is 0 Å². The molecule has 0 amide bonds. The van der Waals surface area contributed by atoms with E-state index in [-0.39, 0.29) is 6.10 Å². The Balaban J connectivity index is 2.33. The number of aromatic nitrogens is 1. The average Bonchev–Trinajstić information content (AvgIpc) is 2.48. The molecule has 0 bridgehead atoms. The van der Waals surface area contributed by atoms with Crippen molar-refractivity contribution in [3.63, 3.8) is 0 Å². The Kier molecular flexibility index (Phi) is 2.14. The van der Waals surface area contributed by atoms with E-state index >= 15 is 0 Å². The Morgan fingerprint density at radius 2 is 2.46 bits per heavy atom. The lowest BCUT2D eigenvalue weighted by Crippen LogP contribution is -2.24. The summed E-state index contributed by atoms with van der Waals surface area (Å²) < 4.78 is 0. The number of rotatable bonds is 1. The van der Waals surface area contributed by atoms with Gasteiger partial charge in [-0.05, 0) is 37.8 Å². The first-order chi connectivity index (χ1) is 6.22. The van der Waals surface area contributed by atoms with Gasteiger partial charge in [-0.1, -0.05) is 0 Å². The van der Waals surface area contributed by atoms with Crippen LogP contribution in [0.25, 0.3) is 0 Å². The van der Waals surface area contributed by atoms with Crippen LogP contribution in [-0.2, 0) is 6.42 Å². The Bertz CT molecular complexity index is 306. The summed E-state index contributed by atoms with van der Waals surface area (Å²) >= 11 is 0. The number of hydrogen-bond donors (Lipinski definition) is 3. The summed E-state index contributed by atoms with van der Waals surface area (Å²) in [5.41, 5.74) is 9.04. The molecule has 13 heavy (non-hydrogen) atoms. The van der Waals surface area contributed by atoms with Crippen LogP contribution in [0.3, 0.4) is 0 Å². The maximum Gasteiger partial charge on any atom is 0.0813 e. The first-order valence-electron chi connectivity index (χ1n) is 4.77. The molecule has 0 spiro atoms. The summed E-state index contributed by atoms with van der Waals surface area (Å²) in [4.78, 5) is 3.21. The highest BCUT2D eigenvalue weighted by molar-refractivity contribution is 5.34. The van der Waals surface area contributed by atoms with Gasteiger partial charge in [0.15, 0.2) is 0 Å². The van der Waals surface area contributed by atoms with E-state index in [1.54, 1.807) is 0 Å². The molecule has 3 nitrogen and oxygen atoms in total. The number of aliphatic hydroxyl groups excluding tert-OH is 1. The Labute approximate surface area is 78.0 Å². The molecule has 2 atom stereocenters. The maximum absolute atomic E-state index is 9.86. The molecule has 0 aliphatic heterocycles. The second-order valence-corrected chi connectivity index (χ2v) is 3.92. The largest absolute Gasteiger partial charge is 0.388 e. The van der Waals surface area contributed by atoms with Crippen LogP contribution >= 0.6 is 0 Å². The molecule has 2 rings (SSSR count). The highest BCUT2D eigenvalue weighted by Crippen LogP contribution is 2.34. The van der Waals surface area contributed by atoms with E-state index in [1.807, 2.05) is 13.1 Å². The highest BCUT2D eigenvalue weighted by atomic mass is 16.3. The van der Waals surface area contributed by atoms with E-state index in [0.29, 0.717) is 12.5 Å². The van der Waals surface area contributed by atoms with Crippen molar-refractivity contribution in [3.05, 3.63) is 23.0 Å². The van der Waals surface area contributed by atoms with Crippen molar-refractivity contribution in [2.45, 2.75) is 25.9 Å². The molecule has 0 saturated heterocycles. The van der Waals surface area contributed by atoms with Gasteiger partial charge in [-0.2, -0.15) is 0 Å². The van der Waals surface area contributed by atoms with Crippen LogP contribution in [0, 0.1) is 12.8 Å². The summed E-state index contributed by atoms with van der Waals surface area (Å²) in [5, 5.41) is 9.86. The van der Waals surface area contributed by atoms with E-state index in [0.717, 1.165) is 24.0 Å². The third-order valence-electron chi connectivity index (χ3n) is 2.93. The summed E-state index contributed by atoms with van der Waals surface area (Å²) in [7, 11) is 0. The number of aryl methyl sites for hydroxylation is 1. The van der Waals surface area contributed by atoms with E-state index < -0.39 is 0 Å². The zero-order valence-electron chi connectivity index (χ0n) is 7.88. The molecule has 4 N–H and O–H groups in total. The number of aromatic amines is 1. The maximum atomic E-state index is 9.86. The zero-order valence-corrected chi connectivity index (χ0v) is 7.88. The highest BCUT2D eigenvalue weighted by Gasteiger charge is 2.26. The standard InChI is InChI=1S/C10H16N2O/c1-6-5-12-8-2-7(4-11)3-9(13)10(6)8/h5,7,9,12-13H,2-4,11H2,1H3. The summed E-state index contributed by atoms with van der Waals surface area (Å²) in [6.07, 6.45) is 3.44. The van der Waals surface area contributed by atoms with E-state index in [1.165, 1.54) is 5.69 Å².